The maximum atomic E-state index is 6.25. The first-order valence-corrected chi connectivity index (χ1v) is 6.94. The smallest absolute Gasteiger partial charge is 0.0199 e. The fraction of sp³-hybridized carbons (Fsp3) is 1.00. The zero-order valence-electron chi connectivity index (χ0n) is 9.11. The highest BCUT2D eigenvalue weighted by Crippen LogP contribution is 2.33. The largest absolute Gasteiger partial charge is 0.326 e. The van der Waals surface area contributed by atoms with Crippen LogP contribution in [0.3, 0.4) is 0 Å². The molecule has 82 valence electrons. The van der Waals surface area contributed by atoms with E-state index in [9.17, 15) is 0 Å². The third-order valence-corrected chi connectivity index (χ3v) is 4.84. The molecule has 2 atom stereocenters. The standard InChI is InChI=1S/C11H22N2S/c1-13-5-2-10(11(12)8-13)9-3-6-14-7-4-9/h9-11H,2-8,12H2,1H3. The Morgan fingerprint density at radius 3 is 2.57 bits per heavy atom. The van der Waals surface area contributed by atoms with E-state index in [-0.39, 0.29) is 0 Å². The monoisotopic (exact) mass is 214 g/mol. The average Bonchev–Trinajstić information content (AvgIpc) is 2.19. The van der Waals surface area contributed by atoms with Gasteiger partial charge in [0.2, 0.25) is 0 Å². The molecule has 0 bridgehead atoms. The Kier molecular flexibility index (Phi) is 3.74. The van der Waals surface area contributed by atoms with E-state index in [0.29, 0.717) is 6.04 Å². The number of likely N-dealkylation sites (N-methyl/N-ethyl adjacent to an activating group) is 1. The van der Waals surface area contributed by atoms with Gasteiger partial charge in [-0.05, 0) is 56.2 Å². The topological polar surface area (TPSA) is 29.3 Å². The van der Waals surface area contributed by atoms with Gasteiger partial charge in [-0.2, -0.15) is 11.8 Å². The maximum absolute atomic E-state index is 6.25. The Hall–Kier alpha value is 0.270. The van der Waals surface area contributed by atoms with Crippen molar-refractivity contribution in [2.24, 2.45) is 17.6 Å². The Bertz CT molecular complexity index is 180. The summed E-state index contributed by atoms with van der Waals surface area (Å²) >= 11 is 2.11. The van der Waals surface area contributed by atoms with Crippen molar-refractivity contribution >= 4 is 11.8 Å². The lowest BCUT2D eigenvalue weighted by Crippen LogP contribution is -2.49. The molecule has 0 radical (unpaired) electrons. The van der Waals surface area contributed by atoms with Crippen LogP contribution >= 0.6 is 11.8 Å². The zero-order valence-corrected chi connectivity index (χ0v) is 9.93. The number of nitrogens with two attached hydrogens (primary N) is 1. The lowest BCUT2D eigenvalue weighted by molar-refractivity contribution is 0.138. The van der Waals surface area contributed by atoms with Gasteiger partial charge in [0.25, 0.3) is 0 Å². The molecule has 0 saturated carbocycles. The molecule has 0 spiro atoms. The summed E-state index contributed by atoms with van der Waals surface area (Å²) in [6, 6.07) is 0.432. The van der Waals surface area contributed by atoms with Gasteiger partial charge in [-0.25, -0.2) is 0 Å². The second-order valence-corrected chi connectivity index (χ2v) is 6.05. The highest BCUT2D eigenvalue weighted by Gasteiger charge is 2.31. The zero-order chi connectivity index (χ0) is 9.97. The second-order valence-electron chi connectivity index (χ2n) is 4.83. The van der Waals surface area contributed by atoms with Crippen LogP contribution in [0.25, 0.3) is 0 Å². The van der Waals surface area contributed by atoms with Crippen LogP contribution in [0.5, 0.6) is 0 Å². The SMILES string of the molecule is CN1CCC(C2CCSCC2)C(N)C1. The Labute approximate surface area is 91.6 Å². The van der Waals surface area contributed by atoms with Crippen molar-refractivity contribution in [2.75, 3.05) is 31.6 Å². The first-order valence-electron chi connectivity index (χ1n) is 5.79. The first kappa shape index (κ1) is 10.8. The van der Waals surface area contributed by atoms with Crippen molar-refractivity contribution in [3.63, 3.8) is 0 Å². The Morgan fingerprint density at radius 2 is 1.93 bits per heavy atom. The van der Waals surface area contributed by atoms with Gasteiger partial charge in [0.05, 0.1) is 0 Å². The molecule has 2 aliphatic heterocycles. The van der Waals surface area contributed by atoms with Gasteiger partial charge in [0.15, 0.2) is 0 Å². The van der Waals surface area contributed by atoms with Crippen LogP contribution in [-0.4, -0.2) is 42.6 Å². The molecule has 14 heavy (non-hydrogen) atoms. The number of rotatable bonds is 1. The quantitative estimate of drug-likeness (QED) is 0.715. The molecular formula is C11H22N2S. The lowest BCUT2D eigenvalue weighted by atomic mass is 9.78. The van der Waals surface area contributed by atoms with Gasteiger partial charge in [-0.15, -0.1) is 0 Å². The molecule has 2 aliphatic rings. The van der Waals surface area contributed by atoms with E-state index in [1.807, 2.05) is 0 Å². The summed E-state index contributed by atoms with van der Waals surface area (Å²) in [6.45, 7) is 2.36. The number of likely N-dealkylation sites (tertiary alicyclic amines) is 1. The number of piperidine rings is 1. The van der Waals surface area contributed by atoms with Gasteiger partial charge in [0, 0.05) is 12.6 Å². The summed E-state index contributed by atoms with van der Waals surface area (Å²) in [5, 5.41) is 0. The van der Waals surface area contributed by atoms with Crippen LogP contribution in [-0.2, 0) is 0 Å². The molecule has 0 aliphatic carbocycles. The van der Waals surface area contributed by atoms with E-state index >= 15 is 0 Å². The minimum absolute atomic E-state index is 0.432. The van der Waals surface area contributed by atoms with Crippen molar-refractivity contribution in [1.82, 2.24) is 4.90 Å². The van der Waals surface area contributed by atoms with Gasteiger partial charge in [-0.3, -0.25) is 0 Å². The maximum Gasteiger partial charge on any atom is 0.0199 e. The molecule has 2 rings (SSSR count). The van der Waals surface area contributed by atoms with Crippen molar-refractivity contribution < 1.29 is 0 Å². The summed E-state index contributed by atoms with van der Waals surface area (Å²) in [5.74, 6) is 4.47. The fourth-order valence-electron chi connectivity index (χ4n) is 2.90. The molecule has 3 heteroatoms. The number of hydrogen-bond donors (Lipinski definition) is 1. The molecule has 2 nitrogen and oxygen atoms in total. The molecule has 0 amide bonds. The predicted molar refractivity (Wildman–Crippen MR) is 63.6 cm³/mol. The van der Waals surface area contributed by atoms with Crippen molar-refractivity contribution in [1.29, 1.82) is 0 Å². The number of hydrogen-bond acceptors (Lipinski definition) is 3. The highest BCUT2D eigenvalue weighted by molar-refractivity contribution is 7.99. The van der Waals surface area contributed by atoms with Crippen LogP contribution in [0.1, 0.15) is 19.3 Å². The fourth-order valence-corrected chi connectivity index (χ4v) is 4.04. The van der Waals surface area contributed by atoms with E-state index in [4.69, 9.17) is 5.73 Å². The molecule has 2 heterocycles. The van der Waals surface area contributed by atoms with Crippen LogP contribution in [0.15, 0.2) is 0 Å². The highest BCUT2D eigenvalue weighted by atomic mass is 32.2. The molecule has 2 saturated heterocycles. The Morgan fingerprint density at radius 1 is 1.21 bits per heavy atom. The number of nitrogens with zero attached hydrogens (tertiary/aromatic N) is 1. The molecular weight excluding hydrogens is 192 g/mol. The minimum Gasteiger partial charge on any atom is -0.326 e. The molecule has 0 aromatic rings. The predicted octanol–water partition coefficient (Wildman–Crippen LogP) is 1.41. The van der Waals surface area contributed by atoms with Crippen LogP contribution < -0.4 is 5.73 Å². The first-order chi connectivity index (χ1) is 6.77. The molecule has 2 fully saturated rings. The summed E-state index contributed by atoms with van der Waals surface area (Å²) in [5.41, 5.74) is 6.25. The molecule has 2 unspecified atom stereocenters. The minimum atomic E-state index is 0.432. The van der Waals surface area contributed by atoms with Crippen molar-refractivity contribution in [2.45, 2.75) is 25.3 Å². The van der Waals surface area contributed by atoms with E-state index in [2.05, 4.69) is 23.7 Å². The third kappa shape index (κ3) is 2.44. The van der Waals surface area contributed by atoms with E-state index < -0.39 is 0 Å². The van der Waals surface area contributed by atoms with Crippen LogP contribution in [0, 0.1) is 11.8 Å². The molecule has 0 aromatic heterocycles. The van der Waals surface area contributed by atoms with Crippen molar-refractivity contribution in [3.8, 4) is 0 Å². The summed E-state index contributed by atoms with van der Waals surface area (Å²) in [6.07, 6.45) is 4.15. The van der Waals surface area contributed by atoms with Crippen LogP contribution in [0.2, 0.25) is 0 Å². The van der Waals surface area contributed by atoms with Gasteiger partial charge >= 0.3 is 0 Å². The van der Waals surface area contributed by atoms with Crippen molar-refractivity contribution in [3.05, 3.63) is 0 Å². The summed E-state index contributed by atoms with van der Waals surface area (Å²) < 4.78 is 0. The summed E-state index contributed by atoms with van der Waals surface area (Å²) in [7, 11) is 2.19. The normalized spacial score (nSPS) is 37.3. The van der Waals surface area contributed by atoms with E-state index in [1.54, 1.807) is 0 Å². The Balaban J connectivity index is 1.89. The molecule has 0 aromatic carbocycles. The average molecular weight is 214 g/mol. The summed E-state index contributed by atoms with van der Waals surface area (Å²) in [4.78, 5) is 2.37. The third-order valence-electron chi connectivity index (χ3n) is 3.79. The van der Waals surface area contributed by atoms with E-state index in [1.165, 1.54) is 37.3 Å². The second kappa shape index (κ2) is 4.86. The number of thioether (sulfide) groups is 1. The van der Waals surface area contributed by atoms with E-state index in [0.717, 1.165) is 18.4 Å². The lowest BCUT2D eigenvalue weighted by Gasteiger charge is -2.40. The van der Waals surface area contributed by atoms with Crippen LogP contribution in [0.4, 0.5) is 0 Å². The molecule has 2 N–H and O–H groups in total. The van der Waals surface area contributed by atoms with Gasteiger partial charge in [-0.1, -0.05) is 0 Å². The van der Waals surface area contributed by atoms with Gasteiger partial charge in [0.1, 0.15) is 0 Å². The van der Waals surface area contributed by atoms with Gasteiger partial charge < -0.3 is 10.6 Å².